The molecule has 0 saturated carbocycles. The lowest BCUT2D eigenvalue weighted by molar-refractivity contribution is -0.218. The van der Waals surface area contributed by atoms with E-state index in [1.54, 1.807) is 0 Å². The molecule has 1 atom stereocenters. The van der Waals surface area contributed by atoms with Crippen molar-refractivity contribution in [1.82, 2.24) is 0 Å². The van der Waals surface area contributed by atoms with Crippen LogP contribution in [0.4, 0.5) is 0 Å². The van der Waals surface area contributed by atoms with E-state index in [2.05, 4.69) is 9.44 Å². The maximum absolute atomic E-state index is 9.99. The Balaban J connectivity index is 3.45. The summed E-state index contributed by atoms with van der Waals surface area (Å²) in [7, 11) is 0. The van der Waals surface area contributed by atoms with Gasteiger partial charge < -0.3 is 5.11 Å². The minimum atomic E-state index is -1.47. The summed E-state index contributed by atoms with van der Waals surface area (Å²) < 4.78 is 14.0. The number of hydrogen-bond acceptors (Lipinski definition) is 4. The first kappa shape index (κ1) is 7.42. The average Bonchev–Trinajstić information content (AvgIpc) is 1.61. The lowest BCUT2D eigenvalue weighted by Gasteiger charge is -1.98. The highest BCUT2D eigenvalue weighted by atomic mass is 32.2. The van der Waals surface area contributed by atoms with Crippen LogP contribution in [0, 0.1) is 0 Å². The molecule has 0 aromatic carbocycles. The van der Waals surface area contributed by atoms with Gasteiger partial charge in [0, 0.05) is 5.90 Å². The van der Waals surface area contributed by atoms with Gasteiger partial charge in [-0.1, -0.05) is 5.16 Å². The van der Waals surface area contributed by atoms with Gasteiger partial charge in [-0.15, -0.1) is 0 Å². The van der Waals surface area contributed by atoms with Gasteiger partial charge in [-0.3, -0.25) is 4.28 Å². The van der Waals surface area contributed by atoms with E-state index in [-0.39, 0.29) is 0 Å². The van der Waals surface area contributed by atoms with Crippen LogP contribution in [0.2, 0.25) is 0 Å². The largest absolute Gasteiger partial charge is 0.860 e. The fraction of sp³-hybridized carbons (Fsp3) is 0.667. The van der Waals surface area contributed by atoms with Crippen molar-refractivity contribution in [2.24, 2.45) is 5.16 Å². The molecule has 5 heteroatoms. The molecule has 0 saturated heterocycles. The predicted octanol–water partition coefficient (Wildman–Crippen LogP) is -1.01. The highest BCUT2D eigenvalue weighted by Gasteiger charge is 1.80. The van der Waals surface area contributed by atoms with Crippen molar-refractivity contribution in [2.75, 3.05) is 6.26 Å². The molecule has 1 unspecified atom stereocenters. The van der Waals surface area contributed by atoms with Crippen molar-refractivity contribution >= 4 is 17.0 Å². The van der Waals surface area contributed by atoms with Crippen LogP contribution in [0.25, 0.3) is 0 Å². The monoisotopic (exact) mass is 136 g/mol. The van der Waals surface area contributed by atoms with Crippen molar-refractivity contribution < 1.29 is 13.6 Å². The molecule has 0 radical (unpaired) electrons. The SMILES string of the molecule is C/C([O-])=N\OS(C)=O. The molecule has 0 aliphatic rings. The first-order valence-corrected chi connectivity index (χ1v) is 3.34. The lowest BCUT2D eigenvalue weighted by Crippen LogP contribution is -2.12. The first-order chi connectivity index (χ1) is 3.63. The van der Waals surface area contributed by atoms with Gasteiger partial charge in [0.05, 0.1) is 6.26 Å². The Bertz CT molecular complexity index is 118. The standard InChI is InChI=1S/C3H7NO3S/c1-3(5)4-7-8(2)6/h1-2H3,(H,4,5)/p-1. The predicted molar refractivity (Wildman–Crippen MR) is 28.3 cm³/mol. The van der Waals surface area contributed by atoms with Gasteiger partial charge in [0.25, 0.3) is 0 Å². The molecule has 0 aromatic heterocycles. The van der Waals surface area contributed by atoms with Crippen molar-refractivity contribution in [3.63, 3.8) is 0 Å². The fourth-order valence-corrected chi connectivity index (χ4v) is 0.315. The molecule has 0 aliphatic carbocycles. The van der Waals surface area contributed by atoms with E-state index in [1.807, 2.05) is 0 Å². The fourth-order valence-electron chi connectivity index (χ4n) is 0.105. The maximum Gasteiger partial charge on any atom is 0.229 e. The molecule has 0 fully saturated rings. The van der Waals surface area contributed by atoms with Crippen LogP contribution >= 0.6 is 0 Å². The molecule has 0 heterocycles. The zero-order chi connectivity index (χ0) is 6.57. The summed E-state index contributed by atoms with van der Waals surface area (Å²) in [6, 6.07) is 0. The normalized spacial score (nSPS) is 15.5. The molecular weight excluding hydrogens is 130 g/mol. The Morgan fingerprint density at radius 1 is 1.88 bits per heavy atom. The van der Waals surface area contributed by atoms with Crippen molar-refractivity contribution in [3.8, 4) is 0 Å². The summed E-state index contributed by atoms with van der Waals surface area (Å²) >= 11 is -1.47. The van der Waals surface area contributed by atoms with Crippen molar-refractivity contribution in [3.05, 3.63) is 0 Å². The van der Waals surface area contributed by atoms with Crippen molar-refractivity contribution in [2.45, 2.75) is 6.92 Å². The molecule has 8 heavy (non-hydrogen) atoms. The minimum Gasteiger partial charge on any atom is -0.860 e. The smallest absolute Gasteiger partial charge is 0.229 e. The summed E-state index contributed by atoms with van der Waals surface area (Å²) in [5.74, 6) is -0.486. The van der Waals surface area contributed by atoms with E-state index in [0.717, 1.165) is 0 Å². The van der Waals surface area contributed by atoms with Crippen LogP contribution in [0.3, 0.4) is 0 Å². The van der Waals surface area contributed by atoms with E-state index in [0.29, 0.717) is 0 Å². The zero-order valence-electron chi connectivity index (χ0n) is 4.58. The second kappa shape index (κ2) is 3.43. The summed E-state index contributed by atoms with van der Waals surface area (Å²) in [6.45, 7) is 1.22. The van der Waals surface area contributed by atoms with E-state index in [1.165, 1.54) is 13.2 Å². The highest BCUT2D eigenvalue weighted by molar-refractivity contribution is 7.79. The molecule has 0 spiro atoms. The van der Waals surface area contributed by atoms with E-state index in [4.69, 9.17) is 0 Å². The number of rotatable bonds is 2. The number of nitrogens with zero attached hydrogens (tertiary/aromatic N) is 1. The molecule has 48 valence electrons. The molecule has 4 nitrogen and oxygen atoms in total. The van der Waals surface area contributed by atoms with Gasteiger partial charge >= 0.3 is 0 Å². The van der Waals surface area contributed by atoms with Gasteiger partial charge in [0.2, 0.25) is 11.1 Å². The third-order valence-corrected chi connectivity index (χ3v) is 0.555. The topological polar surface area (TPSA) is 61.7 Å². The molecule has 0 aromatic rings. The second-order valence-corrected chi connectivity index (χ2v) is 2.04. The minimum absolute atomic E-state index is 0.486. The van der Waals surface area contributed by atoms with Crippen LogP contribution in [-0.2, 0) is 15.4 Å². The lowest BCUT2D eigenvalue weighted by atomic mass is 10.8. The third kappa shape index (κ3) is 5.42. The average molecular weight is 136 g/mol. The van der Waals surface area contributed by atoms with E-state index >= 15 is 0 Å². The Kier molecular flexibility index (Phi) is 3.18. The molecule has 0 rings (SSSR count). The Labute approximate surface area is 49.8 Å². The van der Waals surface area contributed by atoms with E-state index < -0.39 is 17.0 Å². The Morgan fingerprint density at radius 2 is 2.38 bits per heavy atom. The van der Waals surface area contributed by atoms with Crippen LogP contribution in [0.15, 0.2) is 5.16 Å². The summed E-state index contributed by atoms with van der Waals surface area (Å²) in [5.41, 5.74) is 0. The van der Waals surface area contributed by atoms with Crippen LogP contribution in [0.1, 0.15) is 6.92 Å². The summed E-state index contributed by atoms with van der Waals surface area (Å²) in [5, 5.41) is 12.8. The Hall–Kier alpha value is -0.580. The van der Waals surface area contributed by atoms with Gasteiger partial charge in [-0.25, -0.2) is 4.21 Å². The van der Waals surface area contributed by atoms with Crippen LogP contribution in [0.5, 0.6) is 0 Å². The quantitative estimate of drug-likeness (QED) is 0.277. The number of oxime groups is 1. The first-order valence-electron chi connectivity index (χ1n) is 1.85. The zero-order valence-corrected chi connectivity index (χ0v) is 5.40. The molecule has 0 N–H and O–H groups in total. The second-order valence-electron chi connectivity index (χ2n) is 1.09. The van der Waals surface area contributed by atoms with Gasteiger partial charge in [-0.05, 0) is 6.92 Å². The van der Waals surface area contributed by atoms with Crippen LogP contribution < -0.4 is 5.11 Å². The summed E-state index contributed by atoms with van der Waals surface area (Å²) in [4.78, 5) is 0. The molecule has 0 aliphatic heterocycles. The number of hydrogen-bond donors (Lipinski definition) is 0. The molecular formula is C3H6NO3S-. The molecule has 0 bridgehead atoms. The third-order valence-electron chi connectivity index (χ3n) is 0.271. The van der Waals surface area contributed by atoms with Crippen LogP contribution in [-0.4, -0.2) is 16.4 Å². The van der Waals surface area contributed by atoms with E-state index in [9.17, 15) is 9.32 Å². The summed E-state index contributed by atoms with van der Waals surface area (Å²) in [6.07, 6.45) is 1.28. The van der Waals surface area contributed by atoms with Crippen molar-refractivity contribution in [1.29, 1.82) is 0 Å². The Morgan fingerprint density at radius 3 is 2.50 bits per heavy atom. The molecule has 0 amide bonds. The van der Waals surface area contributed by atoms with Gasteiger partial charge in [0.15, 0.2) is 0 Å². The highest BCUT2D eigenvalue weighted by Crippen LogP contribution is 1.78. The van der Waals surface area contributed by atoms with Gasteiger partial charge in [0.1, 0.15) is 0 Å². The van der Waals surface area contributed by atoms with Gasteiger partial charge in [-0.2, -0.15) is 0 Å². The maximum atomic E-state index is 9.99.